The molecule has 0 saturated carbocycles. The van der Waals surface area contributed by atoms with Gasteiger partial charge in [-0.1, -0.05) is 24.8 Å². The third-order valence-electron chi connectivity index (χ3n) is 7.19. The van der Waals surface area contributed by atoms with E-state index in [4.69, 9.17) is 19.4 Å². The summed E-state index contributed by atoms with van der Waals surface area (Å²) in [5.74, 6) is 0.451. The van der Waals surface area contributed by atoms with Crippen LogP contribution in [-0.4, -0.2) is 58.4 Å². The van der Waals surface area contributed by atoms with Gasteiger partial charge in [-0.3, -0.25) is 4.79 Å². The van der Waals surface area contributed by atoms with E-state index in [-0.39, 0.29) is 12.0 Å². The predicted molar refractivity (Wildman–Crippen MR) is 151 cm³/mol. The first kappa shape index (κ1) is 25.2. The number of nitrogens with one attached hydrogen (secondary N) is 1. The molecule has 4 aromatic rings. The number of allylic oxidation sites excluding steroid dienone is 1. The van der Waals surface area contributed by atoms with Crippen LogP contribution in [0.1, 0.15) is 31.1 Å². The van der Waals surface area contributed by atoms with Crippen molar-refractivity contribution in [3.05, 3.63) is 72.9 Å². The van der Waals surface area contributed by atoms with Crippen molar-refractivity contribution in [2.24, 2.45) is 0 Å². The average molecular weight is 525 g/mol. The Kier molecular flexibility index (Phi) is 7.33. The molecule has 4 heterocycles. The molecular weight excluding hydrogens is 492 g/mol. The van der Waals surface area contributed by atoms with Gasteiger partial charge < -0.3 is 19.7 Å². The largest absolute Gasteiger partial charge is 0.378 e. The van der Waals surface area contributed by atoms with Crippen LogP contribution in [0.25, 0.3) is 22.3 Å². The number of anilines is 3. The van der Waals surface area contributed by atoms with Crippen molar-refractivity contribution in [2.75, 3.05) is 43.1 Å². The van der Waals surface area contributed by atoms with Crippen molar-refractivity contribution in [2.45, 2.75) is 31.9 Å². The monoisotopic (exact) mass is 524 g/mol. The van der Waals surface area contributed by atoms with Gasteiger partial charge in [-0.05, 0) is 61.2 Å². The molecule has 2 saturated heterocycles. The first-order valence-electron chi connectivity index (χ1n) is 13.5. The number of aromatic nitrogens is 4. The first-order valence-corrected chi connectivity index (χ1v) is 13.5. The number of fused-ring (bicyclic) bond motifs is 1. The minimum atomic E-state index is -0.156. The van der Waals surface area contributed by atoms with Gasteiger partial charge in [-0.25, -0.2) is 9.67 Å². The van der Waals surface area contributed by atoms with Gasteiger partial charge in [0.15, 0.2) is 17.7 Å². The van der Waals surface area contributed by atoms with Crippen LogP contribution in [0.3, 0.4) is 0 Å². The van der Waals surface area contributed by atoms with Gasteiger partial charge >= 0.3 is 0 Å². The summed E-state index contributed by atoms with van der Waals surface area (Å²) in [5.41, 5.74) is 5.32. The molecule has 0 bridgehead atoms. The SMILES string of the molecule is C=CC(=O)Cc1cccc(-c2nc(Nc3ccc(N4CCOCC4)cc3)nc3c2cnn3C2CCCCO2)c1. The van der Waals surface area contributed by atoms with Gasteiger partial charge in [0.05, 0.1) is 30.5 Å². The molecule has 1 unspecified atom stereocenters. The zero-order chi connectivity index (χ0) is 26.6. The second-order valence-corrected chi connectivity index (χ2v) is 9.86. The van der Waals surface area contributed by atoms with Crippen molar-refractivity contribution in [3.8, 4) is 11.3 Å². The Morgan fingerprint density at radius 2 is 1.92 bits per heavy atom. The Labute approximate surface area is 227 Å². The summed E-state index contributed by atoms with van der Waals surface area (Å²) in [6.07, 6.45) is 6.34. The lowest BCUT2D eigenvalue weighted by Gasteiger charge is -2.28. The molecule has 0 spiro atoms. The molecule has 2 aliphatic rings. The summed E-state index contributed by atoms with van der Waals surface area (Å²) in [6, 6.07) is 16.2. The molecule has 39 heavy (non-hydrogen) atoms. The second kappa shape index (κ2) is 11.3. The highest BCUT2D eigenvalue weighted by Crippen LogP contribution is 2.32. The number of benzene rings is 2. The Morgan fingerprint density at radius 1 is 1.08 bits per heavy atom. The molecule has 2 fully saturated rings. The van der Waals surface area contributed by atoms with E-state index >= 15 is 0 Å². The average Bonchev–Trinajstić information content (AvgIpc) is 3.42. The van der Waals surface area contributed by atoms with Crippen LogP contribution in [0.15, 0.2) is 67.4 Å². The Balaban J connectivity index is 1.37. The van der Waals surface area contributed by atoms with Crippen LogP contribution in [0, 0.1) is 0 Å². The highest BCUT2D eigenvalue weighted by atomic mass is 16.5. The van der Waals surface area contributed by atoms with Crippen LogP contribution in [0.2, 0.25) is 0 Å². The van der Waals surface area contributed by atoms with Crippen molar-refractivity contribution >= 4 is 34.1 Å². The van der Waals surface area contributed by atoms with Crippen molar-refractivity contribution in [1.29, 1.82) is 0 Å². The van der Waals surface area contributed by atoms with E-state index in [1.54, 1.807) is 0 Å². The van der Waals surface area contributed by atoms with Crippen LogP contribution in [-0.2, 0) is 20.7 Å². The van der Waals surface area contributed by atoms with Gasteiger partial charge in [0.2, 0.25) is 5.95 Å². The molecule has 6 rings (SSSR count). The van der Waals surface area contributed by atoms with E-state index in [1.165, 1.54) is 11.8 Å². The second-order valence-electron chi connectivity index (χ2n) is 9.86. The fourth-order valence-corrected chi connectivity index (χ4v) is 5.14. The number of ether oxygens (including phenoxy) is 2. The molecule has 0 aliphatic carbocycles. The van der Waals surface area contributed by atoms with E-state index in [9.17, 15) is 4.79 Å². The summed E-state index contributed by atoms with van der Waals surface area (Å²) in [4.78, 5) is 24.2. The predicted octanol–water partition coefficient (Wildman–Crippen LogP) is 5.07. The lowest BCUT2D eigenvalue weighted by molar-refractivity contribution is -0.114. The smallest absolute Gasteiger partial charge is 0.229 e. The number of nitrogens with zero attached hydrogens (tertiary/aromatic N) is 5. The van der Waals surface area contributed by atoms with E-state index in [1.807, 2.05) is 47.3 Å². The van der Waals surface area contributed by atoms with Crippen LogP contribution < -0.4 is 10.2 Å². The number of carbonyl (C=O) groups is 1. The minimum absolute atomic E-state index is 0.0230. The van der Waals surface area contributed by atoms with Crippen LogP contribution in [0.4, 0.5) is 17.3 Å². The van der Waals surface area contributed by atoms with E-state index in [0.717, 1.165) is 73.5 Å². The molecule has 1 N–H and O–H groups in total. The van der Waals surface area contributed by atoms with Gasteiger partial charge in [-0.15, -0.1) is 0 Å². The number of ketones is 1. The molecule has 0 amide bonds. The van der Waals surface area contributed by atoms with E-state index < -0.39 is 0 Å². The molecule has 0 radical (unpaired) electrons. The fraction of sp³-hybridized carbons (Fsp3) is 0.333. The molecule has 200 valence electrons. The normalized spacial score (nSPS) is 17.7. The molecule has 9 nitrogen and oxygen atoms in total. The molecule has 2 aromatic heterocycles. The Bertz CT molecular complexity index is 1470. The summed E-state index contributed by atoms with van der Waals surface area (Å²) in [6.45, 7) is 7.59. The molecule has 9 heteroatoms. The van der Waals surface area contributed by atoms with Crippen LogP contribution in [0.5, 0.6) is 0 Å². The van der Waals surface area contributed by atoms with Gasteiger partial charge in [0.1, 0.15) is 0 Å². The Morgan fingerprint density at radius 3 is 2.69 bits per heavy atom. The summed E-state index contributed by atoms with van der Waals surface area (Å²) in [7, 11) is 0. The van der Waals surface area contributed by atoms with Crippen molar-refractivity contribution < 1.29 is 14.3 Å². The number of morpholine rings is 1. The molecule has 2 aliphatic heterocycles. The Hall–Kier alpha value is -4.08. The minimum Gasteiger partial charge on any atom is -0.378 e. The maximum Gasteiger partial charge on any atom is 0.229 e. The fourth-order valence-electron chi connectivity index (χ4n) is 5.14. The standard InChI is InChI=1S/C30H32N6O3/c1-2-25(37)19-21-6-5-7-22(18-21)28-26-20-31-36(27-8-3-4-15-39-27)29(26)34-30(33-28)32-23-9-11-24(12-10-23)35-13-16-38-17-14-35/h2,5-7,9-12,18,20,27H,1,3-4,8,13-17,19H2,(H,32,33,34). The maximum atomic E-state index is 12.0. The summed E-state index contributed by atoms with van der Waals surface area (Å²) >= 11 is 0. The first-order chi connectivity index (χ1) is 19.2. The van der Waals surface area contributed by atoms with Crippen molar-refractivity contribution in [1.82, 2.24) is 19.7 Å². The highest BCUT2D eigenvalue weighted by Gasteiger charge is 2.22. The van der Waals surface area contributed by atoms with Gasteiger partial charge in [0.25, 0.3) is 0 Å². The van der Waals surface area contributed by atoms with Gasteiger partial charge in [0, 0.05) is 43.1 Å². The third kappa shape index (κ3) is 5.55. The zero-order valence-corrected chi connectivity index (χ0v) is 21.9. The number of carbonyl (C=O) groups excluding carboxylic acids is 1. The zero-order valence-electron chi connectivity index (χ0n) is 21.9. The highest BCUT2D eigenvalue weighted by molar-refractivity contribution is 5.93. The van der Waals surface area contributed by atoms with Crippen molar-refractivity contribution in [3.63, 3.8) is 0 Å². The van der Waals surface area contributed by atoms with E-state index in [2.05, 4.69) is 34.0 Å². The topological polar surface area (TPSA) is 94.4 Å². The summed E-state index contributed by atoms with van der Waals surface area (Å²) in [5, 5.41) is 8.91. The third-order valence-corrected chi connectivity index (χ3v) is 7.19. The quantitative estimate of drug-likeness (QED) is 0.319. The molecule has 2 aromatic carbocycles. The van der Waals surface area contributed by atoms with Crippen LogP contribution >= 0.6 is 0 Å². The lowest BCUT2D eigenvalue weighted by Crippen LogP contribution is -2.36. The maximum absolute atomic E-state index is 12.0. The molecule has 1 atom stereocenters. The summed E-state index contributed by atoms with van der Waals surface area (Å²) < 4.78 is 13.4. The van der Waals surface area contributed by atoms with E-state index in [0.29, 0.717) is 24.6 Å². The molecular formula is C30H32N6O3. The lowest BCUT2D eigenvalue weighted by atomic mass is 10.0. The number of rotatable bonds is 8. The van der Waals surface area contributed by atoms with Gasteiger partial charge in [-0.2, -0.15) is 10.1 Å². The number of hydrogen-bond acceptors (Lipinski definition) is 8. The number of hydrogen-bond donors (Lipinski definition) is 1.